The van der Waals surface area contributed by atoms with Crippen molar-refractivity contribution in [1.82, 2.24) is 0 Å². The van der Waals surface area contributed by atoms with E-state index in [2.05, 4.69) is 4.74 Å². The number of halogens is 3. The lowest BCUT2D eigenvalue weighted by molar-refractivity contribution is -0.173. The standard InChI is InChI=1S/C10H10ClF2NO2/c1-2-16-9(15)10(12,13)6-4-3-5-7(11)8(6)14/h3-5H,2,14H2,1H3. The number of benzene rings is 1. The van der Waals surface area contributed by atoms with Gasteiger partial charge in [0.25, 0.3) is 0 Å². The quantitative estimate of drug-likeness (QED) is 0.662. The van der Waals surface area contributed by atoms with Crippen LogP contribution in [0.3, 0.4) is 0 Å². The first kappa shape index (κ1) is 12.7. The van der Waals surface area contributed by atoms with Crippen LogP contribution in [-0.2, 0) is 15.5 Å². The summed E-state index contributed by atoms with van der Waals surface area (Å²) in [6.07, 6.45) is 0. The summed E-state index contributed by atoms with van der Waals surface area (Å²) in [5.74, 6) is -5.42. The molecule has 0 heterocycles. The van der Waals surface area contributed by atoms with Gasteiger partial charge in [-0.05, 0) is 13.0 Å². The molecule has 0 amide bonds. The van der Waals surface area contributed by atoms with Crippen LogP contribution in [0, 0.1) is 0 Å². The van der Waals surface area contributed by atoms with E-state index in [1.807, 2.05) is 0 Å². The van der Waals surface area contributed by atoms with Crippen molar-refractivity contribution >= 4 is 23.3 Å². The molecule has 0 atom stereocenters. The lowest BCUT2D eigenvalue weighted by Gasteiger charge is -2.17. The summed E-state index contributed by atoms with van der Waals surface area (Å²) in [6, 6.07) is 3.70. The molecule has 0 saturated heterocycles. The fourth-order valence-corrected chi connectivity index (χ4v) is 1.32. The Morgan fingerprint density at radius 2 is 2.19 bits per heavy atom. The molecule has 0 aliphatic rings. The molecule has 0 unspecified atom stereocenters. The fraction of sp³-hybridized carbons (Fsp3) is 0.300. The van der Waals surface area contributed by atoms with Crippen LogP contribution < -0.4 is 5.73 Å². The molecule has 0 aromatic heterocycles. The van der Waals surface area contributed by atoms with E-state index in [-0.39, 0.29) is 17.3 Å². The lowest BCUT2D eigenvalue weighted by atomic mass is 10.1. The summed E-state index contributed by atoms with van der Waals surface area (Å²) in [4.78, 5) is 11.1. The van der Waals surface area contributed by atoms with Crippen LogP contribution in [0.5, 0.6) is 0 Å². The van der Waals surface area contributed by atoms with Gasteiger partial charge in [0.15, 0.2) is 0 Å². The highest BCUT2D eigenvalue weighted by molar-refractivity contribution is 6.33. The van der Waals surface area contributed by atoms with Crippen molar-refractivity contribution in [3.05, 3.63) is 28.8 Å². The zero-order chi connectivity index (χ0) is 12.3. The third-order valence-corrected chi connectivity index (χ3v) is 2.25. The molecule has 0 fully saturated rings. The van der Waals surface area contributed by atoms with Crippen LogP contribution in [0.2, 0.25) is 5.02 Å². The van der Waals surface area contributed by atoms with E-state index in [4.69, 9.17) is 17.3 Å². The molecule has 0 bridgehead atoms. The molecule has 2 N–H and O–H groups in total. The van der Waals surface area contributed by atoms with Crippen LogP contribution >= 0.6 is 11.6 Å². The van der Waals surface area contributed by atoms with Crippen molar-refractivity contribution in [3.8, 4) is 0 Å². The van der Waals surface area contributed by atoms with E-state index in [1.165, 1.54) is 19.1 Å². The second-order valence-electron chi connectivity index (χ2n) is 3.00. The predicted octanol–water partition coefficient (Wildman–Crippen LogP) is 2.58. The van der Waals surface area contributed by atoms with Gasteiger partial charge >= 0.3 is 11.9 Å². The van der Waals surface area contributed by atoms with Crippen LogP contribution in [0.4, 0.5) is 14.5 Å². The molecular formula is C10H10ClF2NO2. The number of esters is 1. The normalized spacial score (nSPS) is 11.2. The number of anilines is 1. The maximum absolute atomic E-state index is 13.6. The molecule has 1 aromatic rings. The number of hydrogen-bond donors (Lipinski definition) is 1. The number of para-hydroxylation sites is 1. The van der Waals surface area contributed by atoms with Gasteiger partial charge in [-0.15, -0.1) is 0 Å². The van der Waals surface area contributed by atoms with Gasteiger partial charge in [-0.2, -0.15) is 8.78 Å². The molecule has 1 aromatic carbocycles. The van der Waals surface area contributed by atoms with Gasteiger partial charge in [-0.3, -0.25) is 0 Å². The van der Waals surface area contributed by atoms with Crippen LogP contribution in [-0.4, -0.2) is 12.6 Å². The number of alkyl halides is 2. The van der Waals surface area contributed by atoms with Gasteiger partial charge in [-0.1, -0.05) is 23.7 Å². The van der Waals surface area contributed by atoms with Gasteiger partial charge in [0.2, 0.25) is 0 Å². The summed E-state index contributed by atoms with van der Waals surface area (Å²) in [7, 11) is 0. The largest absolute Gasteiger partial charge is 0.461 e. The summed E-state index contributed by atoms with van der Waals surface area (Å²) in [6.45, 7) is 1.31. The van der Waals surface area contributed by atoms with E-state index in [9.17, 15) is 13.6 Å². The average Bonchev–Trinajstić information content (AvgIpc) is 2.22. The summed E-state index contributed by atoms with van der Waals surface area (Å²) < 4.78 is 31.4. The van der Waals surface area contributed by atoms with Crippen molar-refractivity contribution in [2.45, 2.75) is 12.8 Å². The Bertz CT molecular complexity index is 410. The molecule has 0 radical (unpaired) electrons. The monoisotopic (exact) mass is 249 g/mol. The minimum Gasteiger partial charge on any atom is -0.461 e. The van der Waals surface area contributed by atoms with E-state index in [0.717, 1.165) is 6.07 Å². The number of nitrogens with two attached hydrogens (primary N) is 1. The Kier molecular flexibility index (Phi) is 3.70. The molecular weight excluding hydrogens is 240 g/mol. The van der Waals surface area contributed by atoms with Gasteiger partial charge < -0.3 is 10.5 Å². The van der Waals surface area contributed by atoms with Crippen LogP contribution in [0.25, 0.3) is 0 Å². The summed E-state index contributed by atoms with van der Waals surface area (Å²) in [5.41, 5.74) is 4.43. The van der Waals surface area contributed by atoms with Crippen molar-refractivity contribution in [2.75, 3.05) is 12.3 Å². The molecule has 16 heavy (non-hydrogen) atoms. The molecule has 0 spiro atoms. The molecule has 3 nitrogen and oxygen atoms in total. The Labute approximate surface area is 96.1 Å². The van der Waals surface area contributed by atoms with Gasteiger partial charge in [0, 0.05) is 0 Å². The number of carbonyl (C=O) groups excluding carboxylic acids is 1. The molecule has 0 aliphatic heterocycles. The summed E-state index contributed by atoms with van der Waals surface area (Å²) in [5, 5.41) is -0.0264. The minimum atomic E-state index is -3.79. The van der Waals surface area contributed by atoms with Crippen molar-refractivity contribution < 1.29 is 18.3 Å². The van der Waals surface area contributed by atoms with Gasteiger partial charge in [0.1, 0.15) is 0 Å². The topological polar surface area (TPSA) is 52.3 Å². The first-order valence-corrected chi connectivity index (χ1v) is 4.88. The second-order valence-corrected chi connectivity index (χ2v) is 3.40. The molecule has 6 heteroatoms. The highest BCUT2D eigenvalue weighted by atomic mass is 35.5. The molecule has 0 aliphatic carbocycles. The zero-order valence-corrected chi connectivity index (χ0v) is 9.22. The first-order chi connectivity index (χ1) is 7.41. The van der Waals surface area contributed by atoms with Gasteiger partial charge in [0.05, 0.1) is 22.9 Å². The third kappa shape index (κ3) is 2.24. The molecule has 88 valence electrons. The number of rotatable bonds is 3. The number of carbonyl (C=O) groups is 1. The lowest BCUT2D eigenvalue weighted by Crippen LogP contribution is -2.29. The second kappa shape index (κ2) is 4.65. The van der Waals surface area contributed by atoms with Crippen molar-refractivity contribution in [2.24, 2.45) is 0 Å². The van der Waals surface area contributed by atoms with Crippen molar-refractivity contribution in [1.29, 1.82) is 0 Å². The Morgan fingerprint density at radius 3 is 2.75 bits per heavy atom. The van der Waals surface area contributed by atoms with E-state index < -0.39 is 17.5 Å². The SMILES string of the molecule is CCOC(=O)C(F)(F)c1cccc(Cl)c1N. The van der Waals surface area contributed by atoms with Crippen LogP contribution in [0.15, 0.2) is 18.2 Å². The molecule has 0 saturated carbocycles. The van der Waals surface area contributed by atoms with Crippen LogP contribution in [0.1, 0.15) is 12.5 Å². The molecule has 1 rings (SSSR count). The first-order valence-electron chi connectivity index (χ1n) is 4.50. The van der Waals surface area contributed by atoms with Crippen molar-refractivity contribution in [3.63, 3.8) is 0 Å². The number of ether oxygens (including phenoxy) is 1. The zero-order valence-electron chi connectivity index (χ0n) is 8.47. The third-order valence-electron chi connectivity index (χ3n) is 1.92. The maximum Gasteiger partial charge on any atom is 0.382 e. The Hall–Kier alpha value is -1.36. The summed E-state index contributed by atoms with van der Waals surface area (Å²) >= 11 is 5.59. The van der Waals surface area contributed by atoms with E-state index in [1.54, 1.807) is 0 Å². The highest BCUT2D eigenvalue weighted by Crippen LogP contribution is 2.36. The average molecular weight is 250 g/mol. The van der Waals surface area contributed by atoms with E-state index >= 15 is 0 Å². The maximum atomic E-state index is 13.6. The highest BCUT2D eigenvalue weighted by Gasteiger charge is 2.44. The smallest absolute Gasteiger partial charge is 0.382 e. The predicted molar refractivity (Wildman–Crippen MR) is 56.4 cm³/mol. The van der Waals surface area contributed by atoms with E-state index in [0.29, 0.717) is 0 Å². The minimum absolute atomic E-state index is 0.0264. The number of hydrogen-bond acceptors (Lipinski definition) is 3. The number of nitrogen functional groups attached to an aromatic ring is 1. The fourth-order valence-electron chi connectivity index (χ4n) is 1.14. The van der Waals surface area contributed by atoms with Gasteiger partial charge in [-0.25, -0.2) is 4.79 Å². The Morgan fingerprint density at radius 1 is 1.56 bits per heavy atom. The Balaban J connectivity index is 3.16.